The summed E-state index contributed by atoms with van der Waals surface area (Å²) < 4.78 is 4.93. The van der Waals surface area contributed by atoms with Crippen LogP contribution in [0.2, 0.25) is 0 Å². The highest BCUT2D eigenvalue weighted by Gasteiger charge is 2.46. The van der Waals surface area contributed by atoms with Crippen molar-refractivity contribution in [1.82, 2.24) is 20.0 Å². The second-order valence-corrected chi connectivity index (χ2v) is 4.94. The molecule has 20 heavy (non-hydrogen) atoms. The number of nitrogens with zero attached hydrogens (tertiary/aromatic N) is 4. The number of piperazine rings is 1. The highest BCUT2D eigenvalue weighted by atomic mass is 16.5. The number of piperidine rings is 1. The third-order valence-electron chi connectivity index (χ3n) is 3.68. The Morgan fingerprint density at radius 3 is 2.40 bits per heavy atom. The largest absolute Gasteiger partial charge is 0.480 e. The van der Waals surface area contributed by atoms with Crippen molar-refractivity contribution in [2.45, 2.75) is 32.4 Å². The number of likely N-dealkylation sites (N-methyl/N-ethyl adjacent to an activating group) is 1. The minimum Gasteiger partial charge on any atom is -0.480 e. The summed E-state index contributed by atoms with van der Waals surface area (Å²) in [4.78, 5) is 16.5. The lowest BCUT2D eigenvalue weighted by Gasteiger charge is -2.55. The molecule has 2 fully saturated rings. The summed E-state index contributed by atoms with van der Waals surface area (Å²) >= 11 is 0. The molecule has 0 aromatic carbocycles. The fraction of sp³-hybridized carbons (Fsp3) is 0.643. The van der Waals surface area contributed by atoms with Crippen LogP contribution in [0.1, 0.15) is 30.8 Å². The lowest BCUT2D eigenvalue weighted by Crippen LogP contribution is -2.69. The molecular formula is C14H22N4O2. The van der Waals surface area contributed by atoms with Gasteiger partial charge < -0.3 is 14.5 Å². The van der Waals surface area contributed by atoms with Crippen LogP contribution in [0.25, 0.3) is 0 Å². The van der Waals surface area contributed by atoms with Crippen LogP contribution in [-0.4, -0.2) is 65.2 Å². The van der Waals surface area contributed by atoms with Crippen LogP contribution in [0.5, 0.6) is 5.88 Å². The van der Waals surface area contributed by atoms with Crippen LogP contribution in [0, 0.1) is 0 Å². The Balaban J connectivity index is 0.000000704. The molecule has 0 aliphatic carbocycles. The van der Waals surface area contributed by atoms with E-state index in [0.717, 1.165) is 19.5 Å². The number of rotatable bonds is 2. The molecule has 2 aliphatic rings. The second kappa shape index (κ2) is 6.17. The van der Waals surface area contributed by atoms with E-state index in [9.17, 15) is 4.79 Å². The van der Waals surface area contributed by atoms with Gasteiger partial charge in [-0.3, -0.25) is 4.79 Å². The molecule has 0 spiro atoms. The second-order valence-electron chi connectivity index (χ2n) is 4.94. The van der Waals surface area contributed by atoms with Crippen LogP contribution in [0.4, 0.5) is 0 Å². The molecule has 6 heteroatoms. The summed E-state index contributed by atoms with van der Waals surface area (Å²) in [5.74, 6) is 0.412. The molecule has 6 nitrogen and oxygen atoms in total. The van der Waals surface area contributed by atoms with Gasteiger partial charge in [-0.1, -0.05) is 13.8 Å². The Morgan fingerprint density at radius 1 is 1.25 bits per heavy atom. The van der Waals surface area contributed by atoms with Crippen molar-refractivity contribution in [2.24, 2.45) is 0 Å². The van der Waals surface area contributed by atoms with Crippen LogP contribution in [-0.2, 0) is 0 Å². The van der Waals surface area contributed by atoms with E-state index in [2.05, 4.69) is 22.1 Å². The zero-order valence-electron chi connectivity index (χ0n) is 12.5. The molecule has 2 bridgehead atoms. The lowest BCUT2D eigenvalue weighted by molar-refractivity contribution is -0.0401. The smallest absolute Gasteiger partial charge is 0.274 e. The minimum atomic E-state index is -0.0143. The van der Waals surface area contributed by atoms with E-state index in [1.165, 1.54) is 7.11 Å². The van der Waals surface area contributed by atoms with Gasteiger partial charge in [0.2, 0.25) is 5.88 Å². The number of carbonyl (C=O) groups excluding carboxylic acids is 1. The molecule has 0 saturated carbocycles. The molecule has 0 radical (unpaired) electrons. The average Bonchev–Trinajstić information content (AvgIpc) is 2.49. The molecule has 0 N–H and O–H groups in total. The summed E-state index contributed by atoms with van der Waals surface area (Å²) in [5, 5.41) is 7.76. The fourth-order valence-electron chi connectivity index (χ4n) is 2.83. The Labute approximate surface area is 119 Å². The predicted octanol–water partition coefficient (Wildman–Crippen LogP) is 1.04. The monoisotopic (exact) mass is 278 g/mol. The normalized spacial score (nSPS) is 24.3. The minimum absolute atomic E-state index is 0.0143. The third-order valence-corrected chi connectivity index (χ3v) is 3.68. The van der Waals surface area contributed by atoms with Crippen molar-refractivity contribution in [1.29, 1.82) is 0 Å². The first-order valence-corrected chi connectivity index (χ1v) is 7.08. The molecule has 1 amide bonds. The van der Waals surface area contributed by atoms with Crippen molar-refractivity contribution in [3.63, 3.8) is 0 Å². The van der Waals surface area contributed by atoms with E-state index in [0.29, 0.717) is 23.7 Å². The maximum absolute atomic E-state index is 12.3. The third kappa shape index (κ3) is 2.60. The molecule has 110 valence electrons. The first-order valence-electron chi connectivity index (χ1n) is 7.08. The highest BCUT2D eigenvalue weighted by molar-refractivity contribution is 5.93. The van der Waals surface area contributed by atoms with Crippen molar-refractivity contribution in [2.75, 3.05) is 27.2 Å². The summed E-state index contributed by atoms with van der Waals surface area (Å²) in [6, 6.07) is 4.02. The highest BCUT2D eigenvalue weighted by Crippen LogP contribution is 2.32. The predicted molar refractivity (Wildman–Crippen MR) is 75.8 cm³/mol. The standard InChI is InChI=1S/C12H16N4O2.C2H6/c1-15-6-8-5-9(7-15)16(8)12(17)10-3-4-11(18-2)14-13-10;1-2/h3-4,8-9H,5-7H2,1-2H3;1-2H3. The van der Waals surface area contributed by atoms with Gasteiger partial charge in [-0.15, -0.1) is 10.2 Å². The number of hydrogen-bond acceptors (Lipinski definition) is 5. The molecule has 3 heterocycles. The van der Waals surface area contributed by atoms with E-state index in [4.69, 9.17) is 4.74 Å². The zero-order valence-corrected chi connectivity index (χ0v) is 12.5. The van der Waals surface area contributed by atoms with Crippen molar-refractivity contribution in [3.05, 3.63) is 17.8 Å². The zero-order chi connectivity index (χ0) is 14.7. The Morgan fingerprint density at radius 2 is 1.90 bits per heavy atom. The number of likely N-dealkylation sites (tertiary alicyclic amines) is 2. The van der Waals surface area contributed by atoms with Gasteiger partial charge in [-0.05, 0) is 19.5 Å². The summed E-state index contributed by atoms with van der Waals surface area (Å²) in [5.41, 5.74) is 0.398. The number of hydrogen-bond donors (Lipinski definition) is 0. The number of aromatic nitrogens is 2. The average molecular weight is 278 g/mol. The molecule has 1 aromatic rings. The molecule has 1 aromatic heterocycles. The number of ether oxygens (including phenoxy) is 1. The molecule has 3 rings (SSSR count). The van der Waals surface area contributed by atoms with Gasteiger partial charge in [0.25, 0.3) is 5.91 Å². The molecule has 2 atom stereocenters. The van der Waals surface area contributed by atoms with Gasteiger partial charge in [-0.25, -0.2) is 0 Å². The van der Waals surface area contributed by atoms with Crippen molar-refractivity contribution >= 4 is 5.91 Å². The van der Waals surface area contributed by atoms with Gasteiger partial charge in [0, 0.05) is 31.2 Å². The van der Waals surface area contributed by atoms with Crippen LogP contribution >= 0.6 is 0 Å². The fourth-order valence-corrected chi connectivity index (χ4v) is 2.83. The molecule has 2 unspecified atom stereocenters. The van der Waals surface area contributed by atoms with Gasteiger partial charge >= 0.3 is 0 Å². The van der Waals surface area contributed by atoms with Crippen LogP contribution < -0.4 is 4.74 Å². The van der Waals surface area contributed by atoms with Crippen LogP contribution in [0.3, 0.4) is 0 Å². The number of amides is 1. The van der Waals surface area contributed by atoms with E-state index in [-0.39, 0.29) is 5.91 Å². The SMILES string of the molecule is CC.COc1ccc(C(=O)N2C3CC2CN(C)C3)nn1. The maximum atomic E-state index is 12.3. The number of methoxy groups -OCH3 is 1. The maximum Gasteiger partial charge on any atom is 0.274 e. The van der Waals surface area contributed by atoms with Gasteiger partial charge in [0.15, 0.2) is 5.69 Å². The Hall–Kier alpha value is -1.69. The van der Waals surface area contributed by atoms with Gasteiger partial charge in [-0.2, -0.15) is 0 Å². The Kier molecular flexibility index (Phi) is 4.54. The van der Waals surface area contributed by atoms with E-state index >= 15 is 0 Å². The van der Waals surface area contributed by atoms with Crippen LogP contribution in [0.15, 0.2) is 12.1 Å². The van der Waals surface area contributed by atoms with Crippen molar-refractivity contribution in [3.8, 4) is 5.88 Å². The van der Waals surface area contributed by atoms with Gasteiger partial charge in [0.05, 0.1) is 7.11 Å². The quantitative estimate of drug-likeness (QED) is 0.809. The summed E-state index contributed by atoms with van der Waals surface area (Å²) in [6.45, 7) is 5.90. The Bertz CT molecular complexity index is 451. The van der Waals surface area contributed by atoms with E-state index < -0.39 is 0 Å². The van der Waals surface area contributed by atoms with Crippen molar-refractivity contribution < 1.29 is 9.53 Å². The topological polar surface area (TPSA) is 58.6 Å². The summed E-state index contributed by atoms with van der Waals surface area (Å²) in [6.07, 6.45) is 1.11. The first-order chi connectivity index (χ1) is 9.69. The first kappa shape index (κ1) is 14.7. The summed E-state index contributed by atoms with van der Waals surface area (Å²) in [7, 11) is 3.62. The number of carbonyl (C=O) groups is 1. The van der Waals surface area contributed by atoms with Gasteiger partial charge in [0.1, 0.15) is 0 Å². The van der Waals surface area contributed by atoms with E-state index in [1.807, 2.05) is 18.7 Å². The number of fused-ring (bicyclic) bond motifs is 2. The molecular weight excluding hydrogens is 256 g/mol. The lowest BCUT2D eigenvalue weighted by atomic mass is 9.87. The molecule has 2 aliphatic heterocycles. The molecule has 2 saturated heterocycles. The van der Waals surface area contributed by atoms with E-state index in [1.54, 1.807) is 12.1 Å².